The highest BCUT2D eigenvalue weighted by Crippen LogP contribution is 2.38. The van der Waals surface area contributed by atoms with Crippen molar-refractivity contribution in [3.05, 3.63) is 23.8 Å². The summed E-state index contributed by atoms with van der Waals surface area (Å²) in [7, 11) is 0. The lowest BCUT2D eigenvalue weighted by Crippen LogP contribution is -2.31. The van der Waals surface area contributed by atoms with E-state index in [2.05, 4.69) is 51.2 Å². The molecule has 1 aromatic carbocycles. The molecule has 0 amide bonds. The average molecular weight is 289 g/mol. The molecule has 0 atom stereocenters. The highest BCUT2D eigenvalue weighted by molar-refractivity contribution is 5.54. The Morgan fingerprint density at radius 3 is 2.33 bits per heavy atom. The van der Waals surface area contributed by atoms with Crippen molar-refractivity contribution in [2.24, 2.45) is 11.3 Å². The lowest BCUT2D eigenvalue weighted by atomic mass is 9.71. The van der Waals surface area contributed by atoms with Crippen molar-refractivity contribution in [3.63, 3.8) is 0 Å². The first-order chi connectivity index (χ1) is 9.90. The molecule has 1 aliphatic carbocycles. The van der Waals surface area contributed by atoms with E-state index in [1.54, 1.807) is 0 Å². The molecule has 0 spiro atoms. The van der Waals surface area contributed by atoms with Gasteiger partial charge in [0.2, 0.25) is 0 Å². The van der Waals surface area contributed by atoms with Gasteiger partial charge in [-0.05, 0) is 74.6 Å². The van der Waals surface area contributed by atoms with Gasteiger partial charge in [0.05, 0.1) is 6.61 Å². The van der Waals surface area contributed by atoms with Crippen LogP contribution in [0.25, 0.3) is 0 Å². The van der Waals surface area contributed by atoms with Crippen LogP contribution in [0.1, 0.15) is 58.9 Å². The van der Waals surface area contributed by atoms with Crippen LogP contribution in [0.2, 0.25) is 0 Å². The molecule has 118 valence electrons. The van der Waals surface area contributed by atoms with Gasteiger partial charge in [-0.15, -0.1) is 0 Å². The van der Waals surface area contributed by atoms with Crippen molar-refractivity contribution in [2.45, 2.75) is 66.3 Å². The van der Waals surface area contributed by atoms with E-state index in [0.717, 1.165) is 18.3 Å². The summed E-state index contributed by atoms with van der Waals surface area (Å²) in [4.78, 5) is 0. The summed E-state index contributed by atoms with van der Waals surface area (Å²) in [5.41, 5.74) is 3.00. The molecule has 2 rings (SSSR count). The molecule has 0 heterocycles. The molecule has 1 aromatic rings. The van der Waals surface area contributed by atoms with E-state index in [0.29, 0.717) is 11.5 Å². The van der Waals surface area contributed by atoms with Crippen LogP contribution in [0.4, 0.5) is 5.69 Å². The Bertz CT molecular complexity index is 453. The van der Waals surface area contributed by atoms with Crippen molar-refractivity contribution < 1.29 is 4.74 Å². The second kappa shape index (κ2) is 6.72. The van der Waals surface area contributed by atoms with E-state index >= 15 is 0 Å². The third-order valence-corrected chi connectivity index (χ3v) is 4.82. The van der Waals surface area contributed by atoms with Gasteiger partial charge in [0, 0.05) is 11.7 Å². The Morgan fingerprint density at radius 2 is 1.81 bits per heavy atom. The van der Waals surface area contributed by atoms with E-state index in [9.17, 15) is 0 Å². The highest BCUT2D eigenvalue weighted by Gasteiger charge is 2.29. The van der Waals surface area contributed by atoms with Crippen molar-refractivity contribution >= 4 is 5.69 Å². The van der Waals surface area contributed by atoms with Crippen LogP contribution in [0.5, 0.6) is 5.75 Å². The molecule has 1 aliphatic rings. The zero-order chi connectivity index (χ0) is 15.5. The van der Waals surface area contributed by atoms with Gasteiger partial charge in [0.1, 0.15) is 5.75 Å². The lowest BCUT2D eigenvalue weighted by Gasteiger charge is -2.37. The van der Waals surface area contributed by atoms with Crippen LogP contribution in [0, 0.1) is 18.3 Å². The maximum absolute atomic E-state index is 5.56. The van der Waals surface area contributed by atoms with Gasteiger partial charge in [0.25, 0.3) is 0 Å². The maximum atomic E-state index is 5.56. The number of benzene rings is 1. The maximum Gasteiger partial charge on any atom is 0.119 e. The van der Waals surface area contributed by atoms with Gasteiger partial charge in [-0.3, -0.25) is 0 Å². The predicted octanol–water partition coefficient (Wildman–Crippen LogP) is 5.41. The van der Waals surface area contributed by atoms with Crippen molar-refractivity contribution in [2.75, 3.05) is 11.9 Å². The summed E-state index contributed by atoms with van der Waals surface area (Å²) in [6.07, 6.45) is 5.26. The van der Waals surface area contributed by atoms with Gasteiger partial charge >= 0.3 is 0 Å². The second-order valence-electron chi connectivity index (χ2n) is 7.47. The van der Waals surface area contributed by atoms with Gasteiger partial charge in [0.15, 0.2) is 0 Å². The van der Waals surface area contributed by atoms with Crippen molar-refractivity contribution in [3.8, 4) is 5.75 Å². The first-order valence-corrected chi connectivity index (χ1v) is 8.40. The summed E-state index contributed by atoms with van der Waals surface area (Å²) in [5, 5.41) is 3.73. The summed E-state index contributed by atoms with van der Waals surface area (Å²) in [6, 6.07) is 6.99. The monoisotopic (exact) mass is 289 g/mol. The minimum atomic E-state index is 0.458. The summed E-state index contributed by atoms with van der Waals surface area (Å²) in [5.74, 6) is 1.84. The predicted molar refractivity (Wildman–Crippen MR) is 91.2 cm³/mol. The first-order valence-electron chi connectivity index (χ1n) is 8.40. The number of rotatable bonds is 4. The molecule has 21 heavy (non-hydrogen) atoms. The number of hydrogen-bond donors (Lipinski definition) is 1. The Hall–Kier alpha value is -1.18. The van der Waals surface area contributed by atoms with E-state index < -0.39 is 0 Å². The zero-order valence-corrected chi connectivity index (χ0v) is 14.3. The SMILES string of the molecule is CCOc1ccc(NC2CCC(C(C)(C)C)CC2)c(C)c1. The Morgan fingerprint density at radius 1 is 1.14 bits per heavy atom. The van der Waals surface area contributed by atoms with E-state index in [-0.39, 0.29) is 0 Å². The molecule has 0 bridgehead atoms. The second-order valence-corrected chi connectivity index (χ2v) is 7.47. The van der Waals surface area contributed by atoms with E-state index in [4.69, 9.17) is 4.74 Å². The minimum Gasteiger partial charge on any atom is -0.494 e. The van der Waals surface area contributed by atoms with Crippen molar-refractivity contribution in [1.29, 1.82) is 0 Å². The standard InChI is InChI=1S/C19H31NO/c1-6-21-17-11-12-18(14(2)13-17)20-16-9-7-15(8-10-16)19(3,4)5/h11-13,15-16,20H,6-10H2,1-5H3. The molecule has 0 radical (unpaired) electrons. The molecule has 1 N–H and O–H groups in total. The first kappa shape index (κ1) is 16.2. The minimum absolute atomic E-state index is 0.458. The lowest BCUT2D eigenvalue weighted by molar-refractivity contribution is 0.173. The molecular weight excluding hydrogens is 258 g/mol. The van der Waals surface area contributed by atoms with E-state index in [1.165, 1.54) is 36.9 Å². The van der Waals surface area contributed by atoms with Crippen LogP contribution in [-0.2, 0) is 0 Å². The fourth-order valence-electron chi connectivity index (χ4n) is 3.38. The van der Waals surface area contributed by atoms with Crippen LogP contribution in [-0.4, -0.2) is 12.6 Å². The van der Waals surface area contributed by atoms with E-state index in [1.807, 2.05) is 6.92 Å². The normalized spacial score (nSPS) is 22.9. The number of ether oxygens (including phenoxy) is 1. The third-order valence-electron chi connectivity index (χ3n) is 4.82. The molecule has 0 aliphatic heterocycles. The largest absolute Gasteiger partial charge is 0.494 e. The van der Waals surface area contributed by atoms with Crippen LogP contribution < -0.4 is 10.1 Å². The molecular formula is C19H31NO. The average Bonchev–Trinajstić information content (AvgIpc) is 2.42. The third kappa shape index (κ3) is 4.39. The summed E-state index contributed by atoms with van der Waals surface area (Å²) >= 11 is 0. The zero-order valence-electron chi connectivity index (χ0n) is 14.3. The van der Waals surface area contributed by atoms with Crippen LogP contribution in [0.3, 0.4) is 0 Å². The quantitative estimate of drug-likeness (QED) is 0.800. The molecule has 2 heteroatoms. The van der Waals surface area contributed by atoms with Gasteiger partial charge in [-0.25, -0.2) is 0 Å². The number of anilines is 1. The number of nitrogens with one attached hydrogen (secondary N) is 1. The molecule has 0 saturated heterocycles. The number of aryl methyl sites for hydroxylation is 1. The highest BCUT2D eigenvalue weighted by atomic mass is 16.5. The fraction of sp³-hybridized carbons (Fsp3) is 0.684. The molecule has 1 fully saturated rings. The van der Waals surface area contributed by atoms with Gasteiger partial charge in [-0.1, -0.05) is 20.8 Å². The molecule has 2 nitrogen and oxygen atoms in total. The molecule has 0 unspecified atom stereocenters. The topological polar surface area (TPSA) is 21.3 Å². The fourth-order valence-corrected chi connectivity index (χ4v) is 3.38. The summed E-state index contributed by atoms with van der Waals surface area (Å²) < 4.78 is 5.56. The Kier molecular flexibility index (Phi) is 5.18. The molecule has 1 saturated carbocycles. The molecule has 0 aromatic heterocycles. The van der Waals surface area contributed by atoms with Crippen molar-refractivity contribution in [1.82, 2.24) is 0 Å². The van der Waals surface area contributed by atoms with Crippen LogP contribution in [0.15, 0.2) is 18.2 Å². The smallest absolute Gasteiger partial charge is 0.119 e. The Balaban J connectivity index is 1.92. The van der Waals surface area contributed by atoms with Crippen LogP contribution >= 0.6 is 0 Å². The van der Waals surface area contributed by atoms with Gasteiger partial charge in [-0.2, -0.15) is 0 Å². The number of hydrogen-bond acceptors (Lipinski definition) is 2. The van der Waals surface area contributed by atoms with Gasteiger partial charge < -0.3 is 10.1 Å². The Labute approximate surface area is 130 Å². The summed E-state index contributed by atoms with van der Waals surface area (Å²) in [6.45, 7) is 12.0.